The molecule has 0 amide bonds. The second-order valence-corrected chi connectivity index (χ2v) is 6.90. The smallest absolute Gasteiger partial charge is 0.119 e. The van der Waals surface area contributed by atoms with Crippen molar-refractivity contribution >= 4 is 15.9 Å². The average molecular weight is 347 g/mol. The van der Waals surface area contributed by atoms with Crippen LogP contribution in [0.4, 0.5) is 0 Å². The Labute approximate surface area is 136 Å². The van der Waals surface area contributed by atoms with Crippen LogP contribution >= 0.6 is 15.9 Å². The van der Waals surface area contributed by atoms with Crippen LogP contribution in [0.1, 0.15) is 36.1 Å². The van der Waals surface area contributed by atoms with E-state index in [2.05, 4.69) is 80.0 Å². The van der Waals surface area contributed by atoms with E-state index in [-0.39, 0.29) is 0 Å². The molecule has 0 heterocycles. The molecule has 0 bridgehead atoms. The molecular formula is C19H23BrO. The van der Waals surface area contributed by atoms with Gasteiger partial charge in [-0.2, -0.15) is 0 Å². The molecule has 21 heavy (non-hydrogen) atoms. The molecule has 2 heteroatoms. The van der Waals surface area contributed by atoms with Crippen molar-refractivity contribution in [2.45, 2.75) is 40.7 Å². The number of rotatable bonds is 5. The molecule has 2 aromatic carbocycles. The van der Waals surface area contributed by atoms with Gasteiger partial charge in [0.1, 0.15) is 12.4 Å². The van der Waals surface area contributed by atoms with E-state index >= 15 is 0 Å². The van der Waals surface area contributed by atoms with E-state index in [0.717, 1.165) is 16.6 Å². The van der Waals surface area contributed by atoms with Crippen LogP contribution in [0, 0.1) is 19.8 Å². The van der Waals surface area contributed by atoms with Gasteiger partial charge in [-0.3, -0.25) is 0 Å². The van der Waals surface area contributed by atoms with Gasteiger partial charge in [-0.05, 0) is 66.6 Å². The molecule has 1 nitrogen and oxygen atoms in total. The number of aryl methyl sites for hydroxylation is 1. The highest BCUT2D eigenvalue weighted by atomic mass is 79.9. The highest BCUT2D eigenvalue weighted by Gasteiger charge is 2.04. The highest BCUT2D eigenvalue weighted by molar-refractivity contribution is 9.10. The second-order valence-electron chi connectivity index (χ2n) is 6.05. The largest absolute Gasteiger partial charge is 0.489 e. The van der Waals surface area contributed by atoms with E-state index in [1.54, 1.807) is 0 Å². The van der Waals surface area contributed by atoms with Gasteiger partial charge in [0.05, 0.1) is 0 Å². The molecule has 0 radical (unpaired) electrons. The average Bonchev–Trinajstić information content (AvgIpc) is 2.43. The van der Waals surface area contributed by atoms with Gasteiger partial charge in [-0.1, -0.05) is 48.0 Å². The van der Waals surface area contributed by atoms with Crippen molar-refractivity contribution in [1.82, 2.24) is 0 Å². The number of hydrogen-bond donors (Lipinski definition) is 0. The number of benzene rings is 2. The van der Waals surface area contributed by atoms with Crippen LogP contribution in [0.3, 0.4) is 0 Å². The second kappa shape index (κ2) is 7.13. The Morgan fingerprint density at radius 2 is 1.67 bits per heavy atom. The standard InChI is InChI=1S/C19H23BrO/c1-13(2)9-16-5-7-18(8-6-16)21-12-17-10-14(3)15(4)19(20)11-17/h5-8,10-11,13H,9,12H2,1-4H3. The predicted molar refractivity (Wildman–Crippen MR) is 92.9 cm³/mol. The summed E-state index contributed by atoms with van der Waals surface area (Å²) in [5.41, 5.74) is 5.13. The first-order valence-electron chi connectivity index (χ1n) is 7.43. The third kappa shape index (κ3) is 4.60. The lowest BCUT2D eigenvalue weighted by Crippen LogP contribution is -1.98. The molecule has 0 N–H and O–H groups in total. The van der Waals surface area contributed by atoms with E-state index < -0.39 is 0 Å². The van der Waals surface area contributed by atoms with Crippen molar-refractivity contribution in [1.29, 1.82) is 0 Å². The fourth-order valence-electron chi connectivity index (χ4n) is 2.33. The van der Waals surface area contributed by atoms with E-state index in [9.17, 15) is 0 Å². The Balaban J connectivity index is 2.00. The molecule has 0 spiro atoms. The zero-order valence-corrected chi connectivity index (χ0v) is 14.8. The molecule has 0 saturated carbocycles. The van der Waals surface area contributed by atoms with Crippen molar-refractivity contribution in [2.75, 3.05) is 0 Å². The fraction of sp³-hybridized carbons (Fsp3) is 0.368. The van der Waals surface area contributed by atoms with Gasteiger partial charge in [-0.25, -0.2) is 0 Å². The molecule has 2 rings (SSSR count). The van der Waals surface area contributed by atoms with Gasteiger partial charge in [0.25, 0.3) is 0 Å². The Kier molecular flexibility index (Phi) is 5.46. The van der Waals surface area contributed by atoms with Crippen LogP contribution in [0.5, 0.6) is 5.75 Å². The van der Waals surface area contributed by atoms with E-state index in [1.165, 1.54) is 22.3 Å². The van der Waals surface area contributed by atoms with Gasteiger partial charge in [-0.15, -0.1) is 0 Å². The lowest BCUT2D eigenvalue weighted by Gasteiger charge is -2.11. The Hall–Kier alpha value is -1.28. The minimum atomic E-state index is 0.600. The summed E-state index contributed by atoms with van der Waals surface area (Å²) in [7, 11) is 0. The maximum Gasteiger partial charge on any atom is 0.119 e. The quantitative estimate of drug-likeness (QED) is 0.660. The Morgan fingerprint density at radius 3 is 2.24 bits per heavy atom. The molecule has 112 valence electrons. The van der Waals surface area contributed by atoms with Crippen LogP contribution in [-0.4, -0.2) is 0 Å². The van der Waals surface area contributed by atoms with E-state index in [4.69, 9.17) is 4.74 Å². The zero-order chi connectivity index (χ0) is 15.4. The van der Waals surface area contributed by atoms with Crippen LogP contribution in [-0.2, 0) is 13.0 Å². The lowest BCUT2D eigenvalue weighted by atomic mass is 10.0. The maximum atomic E-state index is 5.88. The van der Waals surface area contributed by atoms with Crippen molar-refractivity contribution in [3.63, 3.8) is 0 Å². The Morgan fingerprint density at radius 1 is 1.00 bits per heavy atom. The summed E-state index contributed by atoms with van der Waals surface area (Å²) >= 11 is 3.60. The molecule has 0 aliphatic rings. The van der Waals surface area contributed by atoms with Crippen molar-refractivity contribution < 1.29 is 4.74 Å². The molecule has 0 atom stereocenters. The number of ether oxygens (including phenoxy) is 1. The first kappa shape index (κ1) is 16.1. The maximum absolute atomic E-state index is 5.88. The topological polar surface area (TPSA) is 9.23 Å². The highest BCUT2D eigenvalue weighted by Crippen LogP contribution is 2.23. The van der Waals surface area contributed by atoms with Crippen LogP contribution in [0.15, 0.2) is 40.9 Å². The summed E-state index contributed by atoms with van der Waals surface area (Å²) in [6, 6.07) is 12.8. The molecule has 2 aromatic rings. The first-order chi connectivity index (χ1) is 9.95. The number of hydrogen-bond acceptors (Lipinski definition) is 1. The van der Waals surface area contributed by atoms with E-state index in [0.29, 0.717) is 12.5 Å². The molecule has 0 fully saturated rings. The Bertz CT molecular complexity index is 576. The molecule has 0 unspecified atom stereocenters. The summed E-state index contributed by atoms with van der Waals surface area (Å²) in [5.74, 6) is 1.61. The molecule has 0 aliphatic carbocycles. The molecule has 0 aromatic heterocycles. The zero-order valence-electron chi connectivity index (χ0n) is 13.2. The summed E-state index contributed by atoms with van der Waals surface area (Å²) < 4.78 is 7.03. The monoisotopic (exact) mass is 346 g/mol. The van der Waals surface area contributed by atoms with Gasteiger partial charge < -0.3 is 4.74 Å². The lowest BCUT2D eigenvalue weighted by molar-refractivity contribution is 0.306. The minimum Gasteiger partial charge on any atom is -0.489 e. The van der Waals surface area contributed by atoms with Crippen molar-refractivity contribution in [3.8, 4) is 5.75 Å². The van der Waals surface area contributed by atoms with Crippen LogP contribution < -0.4 is 4.74 Å². The minimum absolute atomic E-state index is 0.600. The van der Waals surface area contributed by atoms with Gasteiger partial charge in [0.15, 0.2) is 0 Å². The summed E-state index contributed by atoms with van der Waals surface area (Å²) in [6.07, 6.45) is 1.12. The fourth-order valence-corrected chi connectivity index (χ4v) is 2.94. The number of halogens is 1. The van der Waals surface area contributed by atoms with Crippen LogP contribution in [0.2, 0.25) is 0 Å². The molecular weight excluding hydrogens is 324 g/mol. The summed E-state index contributed by atoms with van der Waals surface area (Å²) in [4.78, 5) is 0. The van der Waals surface area contributed by atoms with Crippen molar-refractivity contribution in [3.05, 3.63) is 63.1 Å². The third-order valence-corrected chi connectivity index (χ3v) is 4.46. The molecule has 0 aliphatic heterocycles. The van der Waals surface area contributed by atoms with E-state index in [1.807, 2.05) is 0 Å². The predicted octanol–water partition coefficient (Wildman–Crippen LogP) is 5.84. The van der Waals surface area contributed by atoms with Gasteiger partial charge >= 0.3 is 0 Å². The third-order valence-electron chi connectivity index (χ3n) is 3.64. The van der Waals surface area contributed by atoms with Gasteiger partial charge in [0.2, 0.25) is 0 Å². The van der Waals surface area contributed by atoms with Gasteiger partial charge in [0, 0.05) is 4.47 Å². The van der Waals surface area contributed by atoms with Crippen molar-refractivity contribution in [2.24, 2.45) is 5.92 Å². The first-order valence-corrected chi connectivity index (χ1v) is 8.22. The summed E-state index contributed by atoms with van der Waals surface area (Å²) in [6.45, 7) is 9.33. The summed E-state index contributed by atoms with van der Waals surface area (Å²) in [5, 5.41) is 0. The SMILES string of the molecule is Cc1cc(COc2ccc(CC(C)C)cc2)cc(Br)c1C. The normalized spacial score (nSPS) is 11.0. The molecule has 0 saturated heterocycles. The van der Waals surface area contributed by atoms with Crippen LogP contribution in [0.25, 0.3) is 0 Å².